The van der Waals surface area contributed by atoms with Gasteiger partial charge in [-0.25, -0.2) is 0 Å². The number of nitrogens with zero attached hydrogens (tertiary/aromatic N) is 3. The number of aryl methyl sites for hydroxylation is 1. The van der Waals surface area contributed by atoms with E-state index in [2.05, 4.69) is 46.4 Å². The Labute approximate surface area is 119 Å². The van der Waals surface area contributed by atoms with Gasteiger partial charge in [-0.3, -0.25) is 4.90 Å². The number of rotatable bonds is 3. The summed E-state index contributed by atoms with van der Waals surface area (Å²) in [7, 11) is 0. The van der Waals surface area contributed by atoms with Gasteiger partial charge < -0.3 is 9.73 Å². The Morgan fingerprint density at radius 2 is 2.30 bits per heavy atom. The van der Waals surface area contributed by atoms with Crippen molar-refractivity contribution >= 4 is 0 Å². The van der Waals surface area contributed by atoms with E-state index in [0.717, 1.165) is 31.7 Å². The predicted octanol–water partition coefficient (Wildman–Crippen LogP) is 1.84. The predicted molar refractivity (Wildman–Crippen MR) is 77.2 cm³/mol. The molecule has 1 aliphatic rings. The van der Waals surface area contributed by atoms with E-state index in [1.165, 1.54) is 5.56 Å². The molecule has 5 heteroatoms. The van der Waals surface area contributed by atoms with E-state index in [9.17, 15) is 0 Å². The number of aromatic nitrogens is 2. The summed E-state index contributed by atoms with van der Waals surface area (Å²) >= 11 is 0. The highest BCUT2D eigenvalue weighted by Gasteiger charge is 2.20. The molecule has 0 aliphatic carbocycles. The van der Waals surface area contributed by atoms with Crippen molar-refractivity contribution in [3.8, 4) is 11.5 Å². The van der Waals surface area contributed by atoms with Gasteiger partial charge in [-0.15, -0.1) is 10.2 Å². The lowest BCUT2D eigenvalue weighted by Crippen LogP contribution is -2.49. The molecule has 1 aliphatic heterocycles. The molecule has 106 valence electrons. The minimum atomic E-state index is 0.498. The molecule has 0 radical (unpaired) electrons. The average molecular weight is 272 g/mol. The van der Waals surface area contributed by atoms with Crippen LogP contribution in [0.25, 0.3) is 11.5 Å². The van der Waals surface area contributed by atoms with Crippen LogP contribution in [-0.2, 0) is 6.54 Å². The van der Waals surface area contributed by atoms with Crippen LogP contribution in [0.3, 0.4) is 0 Å². The van der Waals surface area contributed by atoms with Gasteiger partial charge in [0.25, 0.3) is 0 Å². The molecule has 20 heavy (non-hydrogen) atoms. The smallest absolute Gasteiger partial charge is 0.247 e. The zero-order valence-corrected chi connectivity index (χ0v) is 12.0. The van der Waals surface area contributed by atoms with Crippen molar-refractivity contribution in [2.45, 2.75) is 26.4 Å². The third-order valence-corrected chi connectivity index (χ3v) is 3.71. The molecular weight excluding hydrogens is 252 g/mol. The maximum Gasteiger partial charge on any atom is 0.247 e. The van der Waals surface area contributed by atoms with Crippen LogP contribution in [0.2, 0.25) is 0 Å². The molecule has 1 aromatic carbocycles. The highest BCUT2D eigenvalue weighted by molar-refractivity contribution is 5.53. The molecule has 0 bridgehead atoms. The molecular formula is C15H20N4O. The van der Waals surface area contributed by atoms with Gasteiger partial charge in [0, 0.05) is 31.2 Å². The lowest BCUT2D eigenvalue weighted by Gasteiger charge is -2.32. The van der Waals surface area contributed by atoms with Crippen LogP contribution in [0.1, 0.15) is 18.4 Å². The third kappa shape index (κ3) is 2.89. The number of nitrogens with one attached hydrogen (secondary N) is 1. The number of hydrogen-bond donors (Lipinski definition) is 1. The molecule has 0 spiro atoms. The molecule has 1 N–H and O–H groups in total. The van der Waals surface area contributed by atoms with Gasteiger partial charge in [0.05, 0.1) is 6.54 Å². The molecule has 0 amide bonds. The summed E-state index contributed by atoms with van der Waals surface area (Å²) in [4.78, 5) is 2.37. The lowest BCUT2D eigenvalue weighted by atomic mass is 10.1. The molecule has 1 fully saturated rings. The van der Waals surface area contributed by atoms with E-state index in [1.807, 2.05) is 12.1 Å². The zero-order chi connectivity index (χ0) is 13.9. The summed E-state index contributed by atoms with van der Waals surface area (Å²) in [6.07, 6.45) is 0. The highest BCUT2D eigenvalue weighted by atomic mass is 16.4. The topological polar surface area (TPSA) is 54.2 Å². The summed E-state index contributed by atoms with van der Waals surface area (Å²) in [5, 5.41) is 11.7. The Bertz CT molecular complexity index is 581. The molecule has 1 aromatic heterocycles. The summed E-state index contributed by atoms with van der Waals surface area (Å²) < 4.78 is 5.79. The quantitative estimate of drug-likeness (QED) is 0.924. The van der Waals surface area contributed by atoms with E-state index in [-0.39, 0.29) is 0 Å². The molecule has 2 heterocycles. The van der Waals surface area contributed by atoms with Gasteiger partial charge in [-0.1, -0.05) is 17.7 Å². The molecule has 1 saturated heterocycles. The molecule has 0 saturated carbocycles. The number of piperazine rings is 1. The van der Waals surface area contributed by atoms with E-state index < -0.39 is 0 Å². The summed E-state index contributed by atoms with van der Waals surface area (Å²) in [5.41, 5.74) is 2.18. The Hall–Kier alpha value is -1.72. The zero-order valence-electron chi connectivity index (χ0n) is 12.0. The first-order valence-electron chi connectivity index (χ1n) is 7.06. The summed E-state index contributed by atoms with van der Waals surface area (Å²) in [5.74, 6) is 1.29. The first kappa shape index (κ1) is 13.3. The Morgan fingerprint density at radius 1 is 1.40 bits per heavy atom. The molecule has 2 aromatic rings. The first-order valence-corrected chi connectivity index (χ1v) is 7.06. The van der Waals surface area contributed by atoms with E-state index in [0.29, 0.717) is 17.8 Å². The molecule has 3 rings (SSSR count). The second kappa shape index (κ2) is 5.73. The molecule has 0 unspecified atom stereocenters. The van der Waals surface area contributed by atoms with Crippen molar-refractivity contribution in [2.24, 2.45) is 0 Å². The van der Waals surface area contributed by atoms with Crippen LogP contribution in [0.5, 0.6) is 0 Å². The van der Waals surface area contributed by atoms with Crippen molar-refractivity contribution in [3.63, 3.8) is 0 Å². The van der Waals surface area contributed by atoms with Crippen LogP contribution in [0, 0.1) is 6.92 Å². The SMILES string of the molecule is Cc1cccc(-c2nnc(CN3CCNC[C@@H]3C)o2)c1. The van der Waals surface area contributed by atoms with Crippen molar-refractivity contribution in [3.05, 3.63) is 35.7 Å². The summed E-state index contributed by atoms with van der Waals surface area (Å²) in [6.45, 7) is 8.04. The fourth-order valence-corrected chi connectivity index (χ4v) is 2.50. The van der Waals surface area contributed by atoms with Crippen molar-refractivity contribution in [2.75, 3.05) is 19.6 Å². The highest BCUT2D eigenvalue weighted by Crippen LogP contribution is 2.19. The van der Waals surface area contributed by atoms with E-state index >= 15 is 0 Å². The van der Waals surface area contributed by atoms with Gasteiger partial charge in [-0.2, -0.15) is 0 Å². The number of hydrogen-bond acceptors (Lipinski definition) is 5. The van der Waals surface area contributed by atoms with Crippen LogP contribution in [-0.4, -0.2) is 40.8 Å². The maximum atomic E-state index is 5.79. The Kier molecular flexibility index (Phi) is 3.80. The monoisotopic (exact) mass is 272 g/mol. The standard InChI is InChI=1S/C15H20N4O/c1-11-4-3-5-13(8-11)15-18-17-14(20-15)10-19-7-6-16-9-12(19)2/h3-5,8,12,16H,6-7,9-10H2,1-2H3/t12-/m0/s1. The largest absolute Gasteiger partial charge is 0.419 e. The molecule has 5 nitrogen and oxygen atoms in total. The average Bonchev–Trinajstić information content (AvgIpc) is 2.90. The van der Waals surface area contributed by atoms with E-state index in [4.69, 9.17) is 4.42 Å². The van der Waals surface area contributed by atoms with Crippen molar-refractivity contribution in [1.29, 1.82) is 0 Å². The van der Waals surface area contributed by atoms with Crippen LogP contribution < -0.4 is 5.32 Å². The fraction of sp³-hybridized carbons (Fsp3) is 0.467. The minimum Gasteiger partial charge on any atom is -0.419 e. The van der Waals surface area contributed by atoms with Crippen LogP contribution in [0.4, 0.5) is 0 Å². The maximum absolute atomic E-state index is 5.79. The third-order valence-electron chi connectivity index (χ3n) is 3.71. The van der Waals surface area contributed by atoms with Gasteiger partial charge in [0.1, 0.15) is 0 Å². The van der Waals surface area contributed by atoms with Crippen LogP contribution >= 0.6 is 0 Å². The van der Waals surface area contributed by atoms with Gasteiger partial charge >= 0.3 is 0 Å². The number of benzene rings is 1. The van der Waals surface area contributed by atoms with Crippen LogP contribution in [0.15, 0.2) is 28.7 Å². The van der Waals surface area contributed by atoms with Gasteiger partial charge in [0.2, 0.25) is 11.8 Å². The minimum absolute atomic E-state index is 0.498. The van der Waals surface area contributed by atoms with Crippen molar-refractivity contribution < 1.29 is 4.42 Å². The Balaban J connectivity index is 1.73. The lowest BCUT2D eigenvalue weighted by molar-refractivity contribution is 0.151. The van der Waals surface area contributed by atoms with Gasteiger partial charge in [0.15, 0.2) is 0 Å². The first-order chi connectivity index (χ1) is 9.72. The van der Waals surface area contributed by atoms with E-state index in [1.54, 1.807) is 0 Å². The second-order valence-corrected chi connectivity index (χ2v) is 5.39. The molecule has 1 atom stereocenters. The normalized spacial score (nSPS) is 20.2. The van der Waals surface area contributed by atoms with Gasteiger partial charge in [-0.05, 0) is 26.0 Å². The fourth-order valence-electron chi connectivity index (χ4n) is 2.50. The second-order valence-electron chi connectivity index (χ2n) is 5.39. The Morgan fingerprint density at radius 3 is 3.10 bits per heavy atom. The van der Waals surface area contributed by atoms with Crippen molar-refractivity contribution in [1.82, 2.24) is 20.4 Å². The summed E-state index contributed by atoms with van der Waals surface area (Å²) in [6, 6.07) is 8.62.